The van der Waals surface area contributed by atoms with E-state index in [4.69, 9.17) is 0 Å². The molecule has 0 unspecified atom stereocenters. The van der Waals surface area contributed by atoms with E-state index in [0.29, 0.717) is 35.3 Å². The number of hydrogen-bond acceptors (Lipinski definition) is 7. The van der Waals surface area contributed by atoms with Crippen LogP contribution in [0.15, 0.2) is 41.3 Å². The number of aromatic nitrogens is 3. The minimum atomic E-state index is -0.358. The van der Waals surface area contributed by atoms with Gasteiger partial charge in [-0.1, -0.05) is 12.1 Å². The summed E-state index contributed by atoms with van der Waals surface area (Å²) < 4.78 is 13.1. The summed E-state index contributed by atoms with van der Waals surface area (Å²) in [7, 11) is 3.60. The number of hydrogen-bond donors (Lipinski definition) is 1. The second kappa shape index (κ2) is 9.21. The van der Waals surface area contributed by atoms with E-state index in [1.54, 1.807) is 31.1 Å². The van der Waals surface area contributed by atoms with E-state index in [-0.39, 0.29) is 16.8 Å². The molecular weight excluding hydrogens is 403 g/mol. The van der Waals surface area contributed by atoms with Crippen molar-refractivity contribution in [3.63, 3.8) is 0 Å². The van der Waals surface area contributed by atoms with E-state index in [1.807, 2.05) is 26.0 Å². The van der Waals surface area contributed by atoms with Crippen LogP contribution in [0, 0.1) is 19.7 Å². The Morgan fingerprint density at radius 1 is 1.03 bits per heavy atom. The smallest absolute Gasteiger partial charge is 0.261 e. The number of carbonyl (C=O) groups excluding carboxylic acids is 1. The topological polar surface area (TPSA) is 79.2 Å². The van der Waals surface area contributed by atoms with Crippen molar-refractivity contribution in [3.8, 4) is 5.75 Å². The zero-order valence-corrected chi connectivity index (χ0v) is 18.1. The van der Waals surface area contributed by atoms with Crippen LogP contribution in [0.2, 0.25) is 0 Å². The summed E-state index contributed by atoms with van der Waals surface area (Å²) in [4.78, 5) is 28.1. The fourth-order valence-corrected chi connectivity index (χ4v) is 3.58. The molecule has 0 aliphatic heterocycles. The van der Waals surface area contributed by atoms with Crippen LogP contribution in [0.5, 0.6) is 5.75 Å². The zero-order valence-electron chi connectivity index (χ0n) is 17.3. The average molecular weight is 427 g/mol. The van der Waals surface area contributed by atoms with Crippen LogP contribution in [-0.4, -0.2) is 39.3 Å². The lowest BCUT2D eigenvalue weighted by Crippen LogP contribution is -2.18. The standard InChI is InChI=1S/C22H23FN4O2S/c1-13-11-15(12-14(2)19(13)28)5-10-18-24-20(26-22(25-18)27(3)4)21(29)30-17-8-6-16(23)7-9-17/h6-9,11-12,28H,5,10H2,1-4H3. The van der Waals surface area contributed by atoms with Crippen LogP contribution < -0.4 is 4.90 Å². The highest BCUT2D eigenvalue weighted by Crippen LogP contribution is 2.24. The fraction of sp³-hybridized carbons (Fsp3) is 0.273. The number of anilines is 1. The number of aryl methyl sites for hydroxylation is 4. The molecule has 0 bridgehead atoms. The van der Waals surface area contributed by atoms with Crippen molar-refractivity contribution in [2.75, 3.05) is 19.0 Å². The molecule has 0 saturated carbocycles. The molecule has 1 heterocycles. The van der Waals surface area contributed by atoms with Crippen LogP contribution in [0.4, 0.5) is 10.3 Å². The highest BCUT2D eigenvalue weighted by atomic mass is 32.2. The molecule has 0 fully saturated rings. The summed E-state index contributed by atoms with van der Waals surface area (Å²) >= 11 is 0.950. The molecular formula is C22H23FN4O2S. The lowest BCUT2D eigenvalue weighted by atomic mass is 10.0. The first-order valence-corrected chi connectivity index (χ1v) is 10.2. The molecule has 2 aromatic carbocycles. The molecule has 3 rings (SSSR count). The van der Waals surface area contributed by atoms with Crippen molar-refractivity contribution in [1.82, 2.24) is 15.0 Å². The quantitative estimate of drug-likeness (QED) is 0.594. The molecule has 6 nitrogen and oxygen atoms in total. The van der Waals surface area contributed by atoms with Gasteiger partial charge in [-0.2, -0.15) is 9.97 Å². The third-order valence-corrected chi connectivity index (χ3v) is 5.34. The third kappa shape index (κ3) is 5.33. The van der Waals surface area contributed by atoms with Crippen molar-refractivity contribution in [2.45, 2.75) is 31.6 Å². The lowest BCUT2D eigenvalue weighted by Gasteiger charge is -2.13. The maximum Gasteiger partial charge on any atom is 0.261 e. The molecule has 0 aliphatic rings. The minimum absolute atomic E-state index is 0.0658. The van der Waals surface area contributed by atoms with E-state index in [9.17, 15) is 14.3 Å². The molecule has 30 heavy (non-hydrogen) atoms. The normalized spacial score (nSPS) is 10.8. The maximum absolute atomic E-state index is 13.1. The monoisotopic (exact) mass is 426 g/mol. The van der Waals surface area contributed by atoms with Gasteiger partial charge in [-0.15, -0.1) is 0 Å². The number of phenols is 1. The molecule has 0 atom stereocenters. The molecule has 0 aliphatic carbocycles. The summed E-state index contributed by atoms with van der Waals surface area (Å²) in [6.45, 7) is 3.73. The summed E-state index contributed by atoms with van der Waals surface area (Å²) in [6, 6.07) is 9.58. The van der Waals surface area contributed by atoms with Gasteiger partial charge in [0.25, 0.3) is 5.12 Å². The van der Waals surface area contributed by atoms with Crippen LogP contribution in [0.25, 0.3) is 0 Å². The van der Waals surface area contributed by atoms with E-state index in [2.05, 4.69) is 15.0 Å². The van der Waals surface area contributed by atoms with Gasteiger partial charge in [0, 0.05) is 25.4 Å². The second-order valence-corrected chi connectivity index (χ2v) is 8.24. The number of rotatable bonds is 6. The Bertz CT molecular complexity index is 1050. The first kappa shape index (κ1) is 21.7. The number of thioether (sulfide) groups is 1. The van der Waals surface area contributed by atoms with Gasteiger partial charge in [-0.05, 0) is 73.0 Å². The highest BCUT2D eigenvalue weighted by Gasteiger charge is 2.17. The summed E-state index contributed by atoms with van der Waals surface area (Å²) in [5, 5.41) is 9.62. The van der Waals surface area contributed by atoms with Gasteiger partial charge in [0.15, 0.2) is 0 Å². The Morgan fingerprint density at radius 3 is 2.27 bits per heavy atom. The molecule has 1 N–H and O–H groups in total. The van der Waals surface area contributed by atoms with Crippen molar-refractivity contribution in [2.24, 2.45) is 0 Å². The third-order valence-electron chi connectivity index (χ3n) is 4.46. The highest BCUT2D eigenvalue weighted by molar-refractivity contribution is 8.14. The van der Waals surface area contributed by atoms with Gasteiger partial charge >= 0.3 is 0 Å². The average Bonchev–Trinajstić information content (AvgIpc) is 2.71. The Labute approximate surface area is 179 Å². The van der Waals surface area contributed by atoms with Crippen LogP contribution >= 0.6 is 11.8 Å². The molecule has 0 radical (unpaired) electrons. The first-order valence-electron chi connectivity index (χ1n) is 9.42. The van der Waals surface area contributed by atoms with Gasteiger partial charge in [-0.25, -0.2) is 9.37 Å². The number of aromatic hydroxyl groups is 1. The lowest BCUT2D eigenvalue weighted by molar-refractivity contribution is 0.107. The number of benzene rings is 2. The Balaban J connectivity index is 1.81. The summed E-state index contributed by atoms with van der Waals surface area (Å²) in [5.41, 5.74) is 2.70. The predicted molar refractivity (Wildman–Crippen MR) is 116 cm³/mol. The molecule has 156 valence electrons. The first-order chi connectivity index (χ1) is 14.2. The van der Waals surface area contributed by atoms with Crippen molar-refractivity contribution in [1.29, 1.82) is 0 Å². The fourth-order valence-electron chi connectivity index (χ4n) is 2.91. The maximum atomic E-state index is 13.1. The Morgan fingerprint density at radius 2 is 1.67 bits per heavy atom. The predicted octanol–water partition coefficient (Wildman–Crippen LogP) is 4.12. The Kier molecular flexibility index (Phi) is 6.66. The molecule has 0 saturated heterocycles. The van der Waals surface area contributed by atoms with Crippen LogP contribution in [-0.2, 0) is 12.8 Å². The number of halogens is 1. The van der Waals surface area contributed by atoms with E-state index in [0.717, 1.165) is 28.5 Å². The molecule has 0 amide bonds. The van der Waals surface area contributed by atoms with Crippen LogP contribution in [0.1, 0.15) is 33.1 Å². The number of phenolic OH excluding ortho intramolecular Hbond substituents is 1. The molecule has 8 heteroatoms. The van der Waals surface area contributed by atoms with Gasteiger partial charge in [0.1, 0.15) is 17.4 Å². The van der Waals surface area contributed by atoms with Crippen molar-refractivity contribution < 1.29 is 14.3 Å². The van der Waals surface area contributed by atoms with E-state index < -0.39 is 0 Å². The van der Waals surface area contributed by atoms with Gasteiger partial charge < -0.3 is 10.0 Å². The SMILES string of the molecule is Cc1cc(CCc2nc(C(=O)Sc3ccc(F)cc3)nc(N(C)C)n2)cc(C)c1O. The number of nitrogens with zero attached hydrogens (tertiary/aromatic N) is 4. The number of carbonyl (C=O) groups is 1. The van der Waals surface area contributed by atoms with E-state index >= 15 is 0 Å². The molecule has 1 aromatic heterocycles. The summed E-state index contributed by atoms with van der Waals surface area (Å²) in [5.74, 6) is 0.931. The Hall–Kier alpha value is -3.00. The van der Waals surface area contributed by atoms with Gasteiger partial charge in [0.2, 0.25) is 11.8 Å². The minimum Gasteiger partial charge on any atom is -0.507 e. The van der Waals surface area contributed by atoms with Gasteiger partial charge in [-0.3, -0.25) is 4.79 Å². The van der Waals surface area contributed by atoms with Crippen molar-refractivity contribution >= 4 is 22.8 Å². The van der Waals surface area contributed by atoms with E-state index in [1.165, 1.54) is 12.1 Å². The van der Waals surface area contributed by atoms with Crippen LogP contribution in [0.3, 0.4) is 0 Å². The summed E-state index contributed by atoms with van der Waals surface area (Å²) in [6.07, 6.45) is 1.19. The van der Waals surface area contributed by atoms with Gasteiger partial charge in [0.05, 0.1) is 0 Å². The second-order valence-electron chi connectivity index (χ2n) is 7.19. The molecule has 0 spiro atoms. The molecule has 3 aromatic rings. The largest absolute Gasteiger partial charge is 0.507 e. The van der Waals surface area contributed by atoms with Crippen molar-refractivity contribution in [3.05, 3.63) is 70.6 Å². The zero-order chi connectivity index (χ0) is 21.8.